The number of hydrogen-bond donors (Lipinski definition) is 1. The molecule has 5 heteroatoms. The fourth-order valence-electron chi connectivity index (χ4n) is 1.13. The predicted octanol–water partition coefficient (Wildman–Crippen LogP) is 3.07. The number of ether oxygens (including phenoxy) is 1. The highest BCUT2D eigenvalue weighted by molar-refractivity contribution is 5.51. The van der Waals surface area contributed by atoms with Crippen LogP contribution < -0.4 is 10.5 Å². The summed E-state index contributed by atoms with van der Waals surface area (Å²) in [6, 6.07) is 3.53. The van der Waals surface area contributed by atoms with Gasteiger partial charge in [0, 0.05) is 5.69 Å². The summed E-state index contributed by atoms with van der Waals surface area (Å²) in [5.74, 6) is 0.173. The summed E-state index contributed by atoms with van der Waals surface area (Å²) in [5.41, 5.74) is 4.08. The van der Waals surface area contributed by atoms with Gasteiger partial charge in [0.2, 0.25) is 0 Å². The van der Waals surface area contributed by atoms with Crippen molar-refractivity contribution in [2.45, 2.75) is 26.1 Å². The number of rotatable bonds is 2. The van der Waals surface area contributed by atoms with E-state index in [4.69, 9.17) is 10.5 Å². The van der Waals surface area contributed by atoms with Gasteiger partial charge in [-0.05, 0) is 32.0 Å². The first-order chi connectivity index (χ1) is 6.80. The van der Waals surface area contributed by atoms with Crippen molar-refractivity contribution in [2.75, 3.05) is 5.73 Å². The van der Waals surface area contributed by atoms with E-state index in [1.807, 2.05) is 0 Å². The summed E-state index contributed by atoms with van der Waals surface area (Å²) in [7, 11) is 0. The fraction of sp³-hybridized carbons (Fsp3) is 0.400. The van der Waals surface area contributed by atoms with E-state index in [2.05, 4.69) is 0 Å². The van der Waals surface area contributed by atoms with Crippen molar-refractivity contribution in [3.05, 3.63) is 23.8 Å². The van der Waals surface area contributed by atoms with Gasteiger partial charge in [0.05, 0.1) is 11.7 Å². The molecule has 0 amide bonds. The molecular weight excluding hydrogens is 207 g/mol. The Morgan fingerprint density at radius 3 is 2.33 bits per heavy atom. The van der Waals surface area contributed by atoms with Gasteiger partial charge < -0.3 is 10.5 Å². The quantitative estimate of drug-likeness (QED) is 0.776. The molecule has 0 radical (unpaired) electrons. The van der Waals surface area contributed by atoms with Crippen LogP contribution >= 0.6 is 0 Å². The molecule has 0 saturated heterocycles. The maximum absolute atomic E-state index is 12.4. The van der Waals surface area contributed by atoms with Crippen LogP contribution in [-0.2, 0) is 6.18 Å². The number of alkyl halides is 3. The second-order valence-electron chi connectivity index (χ2n) is 3.41. The molecule has 0 heterocycles. The molecule has 0 aromatic heterocycles. The average molecular weight is 219 g/mol. The van der Waals surface area contributed by atoms with E-state index < -0.39 is 11.7 Å². The van der Waals surface area contributed by atoms with Gasteiger partial charge in [-0.1, -0.05) is 0 Å². The lowest BCUT2D eigenvalue weighted by atomic mass is 10.1. The first-order valence-corrected chi connectivity index (χ1v) is 4.44. The molecule has 0 fully saturated rings. The molecule has 2 N–H and O–H groups in total. The average Bonchev–Trinajstić information content (AvgIpc) is 2.05. The lowest BCUT2D eigenvalue weighted by Gasteiger charge is -2.14. The van der Waals surface area contributed by atoms with E-state index in [1.165, 1.54) is 12.1 Å². The van der Waals surface area contributed by atoms with E-state index in [0.717, 1.165) is 6.07 Å². The zero-order chi connectivity index (χ0) is 11.6. The highest BCUT2D eigenvalue weighted by Gasteiger charge is 2.33. The van der Waals surface area contributed by atoms with Crippen LogP contribution in [-0.4, -0.2) is 6.10 Å². The topological polar surface area (TPSA) is 35.2 Å². The Bertz CT molecular complexity index is 347. The molecule has 84 valence electrons. The normalized spacial score (nSPS) is 11.9. The minimum Gasteiger partial charge on any atom is -0.491 e. The maximum atomic E-state index is 12.4. The van der Waals surface area contributed by atoms with Crippen LogP contribution in [0.4, 0.5) is 18.9 Å². The second kappa shape index (κ2) is 4.00. The summed E-state index contributed by atoms with van der Waals surface area (Å²) in [5, 5.41) is 0. The highest BCUT2D eigenvalue weighted by atomic mass is 19.4. The Hall–Kier alpha value is -1.39. The summed E-state index contributed by atoms with van der Waals surface area (Å²) in [6.45, 7) is 3.48. The minimum atomic E-state index is -4.44. The van der Waals surface area contributed by atoms with Crippen molar-refractivity contribution in [3.8, 4) is 5.75 Å². The number of nitrogen functional groups attached to an aromatic ring is 1. The summed E-state index contributed by atoms with van der Waals surface area (Å²) in [6.07, 6.45) is -4.62. The summed E-state index contributed by atoms with van der Waals surface area (Å²) < 4.78 is 42.4. The second-order valence-corrected chi connectivity index (χ2v) is 3.41. The third-order valence-corrected chi connectivity index (χ3v) is 1.70. The molecule has 1 aromatic carbocycles. The molecule has 0 unspecified atom stereocenters. The monoisotopic (exact) mass is 219 g/mol. The number of anilines is 1. The molecule has 0 bridgehead atoms. The van der Waals surface area contributed by atoms with E-state index in [1.54, 1.807) is 13.8 Å². The summed E-state index contributed by atoms with van der Waals surface area (Å²) >= 11 is 0. The van der Waals surface area contributed by atoms with Crippen molar-refractivity contribution in [2.24, 2.45) is 0 Å². The molecule has 0 aliphatic carbocycles. The number of hydrogen-bond acceptors (Lipinski definition) is 2. The van der Waals surface area contributed by atoms with Crippen LogP contribution in [0.25, 0.3) is 0 Å². The van der Waals surface area contributed by atoms with Crippen LogP contribution in [0.3, 0.4) is 0 Å². The fourth-order valence-corrected chi connectivity index (χ4v) is 1.13. The van der Waals surface area contributed by atoms with E-state index in [-0.39, 0.29) is 17.5 Å². The number of halogens is 3. The first kappa shape index (κ1) is 11.7. The van der Waals surface area contributed by atoms with Gasteiger partial charge in [-0.3, -0.25) is 0 Å². The molecule has 1 rings (SSSR count). The van der Waals surface area contributed by atoms with E-state index in [0.29, 0.717) is 0 Å². The van der Waals surface area contributed by atoms with Gasteiger partial charge in [0.1, 0.15) is 5.75 Å². The van der Waals surface area contributed by atoms with Gasteiger partial charge in [0.25, 0.3) is 0 Å². The van der Waals surface area contributed by atoms with Crippen LogP contribution in [0.2, 0.25) is 0 Å². The van der Waals surface area contributed by atoms with Crippen LogP contribution in [0.1, 0.15) is 19.4 Å². The van der Waals surface area contributed by atoms with Crippen molar-refractivity contribution < 1.29 is 17.9 Å². The predicted molar refractivity (Wildman–Crippen MR) is 51.6 cm³/mol. The lowest BCUT2D eigenvalue weighted by Crippen LogP contribution is -2.11. The van der Waals surface area contributed by atoms with E-state index in [9.17, 15) is 13.2 Å². The molecule has 0 atom stereocenters. The Balaban J connectivity index is 3.06. The maximum Gasteiger partial charge on any atom is 0.418 e. The molecule has 1 aromatic rings. The third-order valence-electron chi connectivity index (χ3n) is 1.70. The Morgan fingerprint density at radius 1 is 1.27 bits per heavy atom. The first-order valence-electron chi connectivity index (χ1n) is 4.44. The number of benzene rings is 1. The smallest absolute Gasteiger partial charge is 0.418 e. The Labute approximate surface area is 85.8 Å². The van der Waals surface area contributed by atoms with E-state index >= 15 is 0 Å². The van der Waals surface area contributed by atoms with Gasteiger partial charge in [0.15, 0.2) is 0 Å². The lowest BCUT2D eigenvalue weighted by molar-refractivity contribution is -0.137. The van der Waals surface area contributed by atoms with Crippen molar-refractivity contribution in [1.82, 2.24) is 0 Å². The molecule has 15 heavy (non-hydrogen) atoms. The Kier molecular flexibility index (Phi) is 3.12. The van der Waals surface area contributed by atoms with Crippen LogP contribution in [0.15, 0.2) is 18.2 Å². The Morgan fingerprint density at radius 2 is 1.87 bits per heavy atom. The summed E-state index contributed by atoms with van der Waals surface area (Å²) in [4.78, 5) is 0. The highest BCUT2D eigenvalue weighted by Crippen LogP contribution is 2.35. The zero-order valence-electron chi connectivity index (χ0n) is 8.43. The van der Waals surface area contributed by atoms with Gasteiger partial charge in [-0.15, -0.1) is 0 Å². The standard InChI is InChI=1S/C10H12F3NO/c1-6(2)15-7-3-4-9(14)8(5-7)10(11,12)13/h3-6H,14H2,1-2H3. The molecule has 0 saturated carbocycles. The molecule has 0 spiro atoms. The van der Waals surface area contributed by atoms with Crippen molar-refractivity contribution >= 4 is 5.69 Å². The van der Waals surface area contributed by atoms with Crippen LogP contribution in [0.5, 0.6) is 5.75 Å². The molecular formula is C10H12F3NO. The van der Waals surface area contributed by atoms with Crippen LogP contribution in [0, 0.1) is 0 Å². The largest absolute Gasteiger partial charge is 0.491 e. The molecule has 0 aliphatic rings. The third kappa shape index (κ3) is 3.04. The minimum absolute atomic E-state index is 0.172. The van der Waals surface area contributed by atoms with Gasteiger partial charge in [-0.25, -0.2) is 0 Å². The molecule has 0 aliphatic heterocycles. The zero-order valence-corrected chi connectivity index (χ0v) is 8.43. The van der Waals surface area contributed by atoms with Crippen molar-refractivity contribution in [1.29, 1.82) is 0 Å². The molecule has 2 nitrogen and oxygen atoms in total. The SMILES string of the molecule is CC(C)Oc1ccc(N)c(C(F)(F)F)c1. The number of nitrogens with two attached hydrogens (primary N) is 1. The van der Waals surface area contributed by atoms with Gasteiger partial charge in [-0.2, -0.15) is 13.2 Å². The van der Waals surface area contributed by atoms with Crippen molar-refractivity contribution in [3.63, 3.8) is 0 Å². The van der Waals surface area contributed by atoms with Gasteiger partial charge >= 0.3 is 6.18 Å².